The van der Waals surface area contributed by atoms with E-state index in [1.807, 2.05) is 12.1 Å². The van der Waals surface area contributed by atoms with Gasteiger partial charge >= 0.3 is 0 Å². The van der Waals surface area contributed by atoms with Crippen molar-refractivity contribution in [2.75, 3.05) is 0 Å². The Morgan fingerprint density at radius 3 is 1.35 bits per heavy atom. The summed E-state index contributed by atoms with van der Waals surface area (Å²) in [6.07, 6.45) is 0. The van der Waals surface area contributed by atoms with E-state index >= 15 is 0 Å². The van der Waals surface area contributed by atoms with E-state index < -0.39 is 10.5 Å². The average molecular weight is 303 g/mol. The number of carbonyl (C=O) groups is 2. The first-order valence-corrected chi connectivity index (χ1v) is 6.69. The summed E-state index contributed by atoms with van der Waals surface area (Å²) >= 11 is 11.2. The molecule has 0 aliphatic carbocycles. The molecule has 0 heterocycles. The highest BCUT2D eigenvalue weighted by atomic mass is 35.5. The molecule has 0 bridgehead atoms. The molecule has 0 saturated heterocycles. The highest BCUT2D eigenvalue weighted by Gasteiger charge is 2.12. The molecule has 0 amide bonds. The third kappa shape index (κ3) is 1.98. The Hall–Kier alpha value is -1.90. The van der Waals surface area contributed by atoms with Crippen LogP contribution in [0.5, 0.6) is 0 Å². The summed E-state index contributed by atoms with van der Waals surface area (Å²) in [4.78, 5) is 22.9. The van der Waals surface area contributed by atoms with Gasteiger partial charge in [0, 0.05) is 11.1 Å². The lowest BCUT2D eigenvalue weighted by Gasteiger charge is -2.08. The van der Waals surface area contributed by atoms with Gasteiger partial charge in [0.1, 0.15) is 0 Å². The van der Waals surface area contributed by atoms with E-state index in [2.05, 4.69) is 0 Å². The van der Waals surface area contributed by atoms with E-state index in [-0.39, 0.29) is 0 Å². The summed E-state index contributed by atoms with van der Waals surface area (Å²) in [5, 5.41) is 2.26. The highest BCUT2D eigenvalue weighted by Crippen LogP contribution is 2.30. The van der Waals surface area contributed by atoms with Gasteiger partial charge in [-0.1, -0.05) is 36.4 Å². The topological polar surface area (TPSA) is 34.1 Å². The van der Waals surface area contributed by atoms with Crippen LogP contribution in [0.2, 0.25) is 0 Å². The van der Waals surface area contributed by atoms with Crippen LogP contribution in [0, 0.1) is 0 Å². The second-order valence-corrected chi connectivity index (χ2v) is 5.10. The van der Waals surface area contributed by atoms with Crippen LogP contribution in [0.3, 0.4) is 0 Å². The molecule has 0 unspecified atom stereocenters. The van der Waals surface area contributed by atoms with Crippen LogP contribution in [-0.2, 0) is 0 Å². The second-order valence-electron chi connectivity index (χ2n) is 4.41. The maximum Gasteiger partial charge on any atom is 0.253 e. The van der Waals surface area contributed by atoms with Gasteiger partial charge in [-0.2, -0.15) is 0 Å². The minimum Gasteiger partial charge on any atom is -0.276 e. The third-order valence-corrected chi connectivity index (χ3v) is 3.75. The van der Waals surface area contributed by atoms with Crippen LogP contribution in [0.4, 0.5) is 0 Å². The van der Waals surface area contributed by atoms with Gasteiger partial charge in [0.2, 0.25) is 0 Å². The lowest BCUT2D eigenvalue weighted by molar-refractivity contribution is 0.107. The van der Waals surface area contributed by atoms with Crippen molar-refractivity contribution in [1.29, 1.82) is 0 Å². The van der Waals surface area contributed by atoms with Gasteiger partial charge in [-0.05, 0) is 56.9 Å². The summed E-state index contributed by atoms with van der Waals surface area (Å²) in [6.45, 7) is 0. The lowest BCUT2D eigenvalue weighted by Crippen LogP contribution is -1.94. The standard InChI is InChI=1S/C16H8Cl2O2/c17-15(19)13-5-1-3-9-10-4-2-6-14(16(18)20)12(10)8-7-11(9)13/h1-8H. The molecule has 0 fully saturated rings. The molecule has 98 valence electrons. The molecule has 0 saturated carbocycles. The van der Waals surface area contributed by atoms with E-state index in [4.69, 9.17) is 23.2 Å². The lowest BCUT2D eigenvalue weighted by atomic mass is 9.96. The molecule has 0 spiro atoms. The number of benzene rings is 3. The smallest absolute Gasteiger partial charge is 0.253 e. The first-order chi connectivity index (χ1) is 9.59. The predicted octanol–water partition coefficient (Wildman–Crippen LogP) is 4.75. The Morgan fingerprint density at radius 2 is 1.00 bits per heavy atom. The number of hydrogen-bond acceptors (Lipinski definition) is 2. The zero-order valence-electron chi connectivity index (χ0n) is 10.2. The SMILES string of the molecule is O=C(Cl)c1cccc2c1ccc1c(C(=O)Cl)cccc12. The summed E-state index contributed by atoms with van der Waals surface area (Å²) in [6, 6.07) is 14.3. The summed E-state index contributed by atoms with van der Waals surface area (Å²) in [5.41, 5.74) is 0.905. The molecule has 0 aliphatic heterocycles. The van der Waals surface area contributed by atoms with E-state index in [0.29, 0.717) is 11.1 Å². The van der Waals surface area contributed by atoms with Crippen molar-refractivity contribution in [1.82, 2.24) is 0 Å². The maximum absolute atomic E-state index is 11.5. The second kappa shape index (κ2) is 4.89. The van der Waals surface area contributed by atoms with Crippen molar-refractivity contribution in [2.45, 2.75) is 0 Å². The Balaban J connectivity index is 2.49. The van der Waals surface area contributed by atoms with Gasteiger partial charge in [-0.25, -0.2) is 0 Å². The summed E-state index contributed by atoms with van der Waals surface area (Å²) in [7, 11) is 0. The molecule has 2 nitrogen and oxygen atoms in total. The van der Waals surface area contributed by atoms with Crippen molar-refractivity contribution in [2.24, 2.45) is 0 Å². The molecule has 3 rings (SSSR count). The first-order valence-electron chi connectivity index (χ1n) is 5.93. The van der Waals surface area contributed by atoms with Gasteiger partial charge in [0.05, 0.1) is 0 Å². The number of rotatable bonds is 2. The molecule has 0 N–H and O–H groups in total. The van der Waals surface area contributed by atoms with Crippen LogP contribution < -0.4 is 0 Å². The van der Waals surface area contributed by atoms with E-state index in [0.717, 1.165) is 21.5 Å². The van der Waals surface area contributed by atoms with Crippen LogP contribution in [-0.4, -0.2) is 10.5 Å². The van der Waals surface area contributed by atoms with Gasteiger partial charge in [0.15, 0.2) is 0 Å². The monoisotopic (exact) mass is 302 g/mol. The maximum atomic E-state index is 11.5. The molecule has 20 heavy (non-hydrogen) atoms. The predicted molar refractivity (Wildman–Crippen MR) is 81.8 cm³/mol. The zero-order chi connectivity index (χ0) is 14.3. The average Bonchev–Trinajstić information content (AvgIpc) is 2.45. The van der Waals surface area contributed by atoms with E-state index in [1.165, 1.54) is 0 Å². The summed E-state index contributed by atoms with van der Waals surface area (Å²) < 4.78 is 0. The number of halogens is 2. The molecule has 0 aromatic heterocycles. The van der Waals surface area contributed by atoms with E-state index in [1.54, 1.807) is 36.4 Å². The molecule has 3 aromatic rings. The zero-order valence-corrected chi connectivity index (χ0v) is 11.7. The van der Waals surface area contributed by atoms with Crippen LogP contribution in [0.15, 0.2) is 48.5 Å². The number of hydrogen-bond donors (Lipinski definition) is 0. The van der Waals surface area contributed by atoms with Crippen molar-refractivity contribution in [3.8, 4) is 0 Å². The molecular formula is C16H8Cl2O2. The third-order valence-electron chi connectivity index (χ3n) is 3.34. The molecule has 0 aliphatic rings. The van der Waals surface area contributed by atoms with Crippen LogP contribution in [0.25, 0.3) is 21.5 Å². The Labute approximate surface area is 124 Å². The minimum atomic E-state index is -0.500. The molecule has 4 heteroatoms. The fourth-order valence-corrected chi connectivity index (χ4v) is 2.80. The normalized spacial score (nSPS) is 10.9. The minimum absolute atomic E-state index is 0.452. The van der Waals surface area contributed by atoms with Gasteiger partial charge < -0.3 is 0 Å². The molecular weight excluding hydrogens is 295 g/mol. The molecule has 0 radical (unpaired) electrons. The first kappa shape index (κ1) is 13.1. The summed E-state index contributed by atoms with van der Waals surface area (Å²) in [5.74, 6) is 0. The van der Waals surface area contributed by atoms with Gasteiger partial charge in [-0.3, -0.25) is 9.59 Å². The number of fused-ring (bicyclic) bond motifs is 3. The van der Waals surface area contributed by atoms with E-state index in [9.17, 15) is 9.59 Å². The van der Waals surface area contributed by atoms with Crippen LogP contribution in [0.1, 0.15) is 20.7 Å². The Kier molecular flexibility index (Phi) is 3.20. The Morgan fingerprint density at radius 1 is 0.600 bits per heavy atom. The molecule has 0 atom stereocenters. The van der Waals surface area contributed by atoms with Gasteiger partial charge in [-0.15, -0.1) is 0 Å². The Bertz CT molecular complexity index is 796. The van der Waals surface area contributed by atoms with Crippen molar-refractivity contribution in [3.05, 3.63) is 59.7 Å². The van der Waals surface area contributed by atoms with Gasteiger partial charge in [0.25, 0.3) is 10.5 Å². The largest absolute Gasteiger partial charge is 0.276 e. The fraction of sp³-hybridized carbons (Fsp3) is 0. The highest BCUT2D eigenvalue weighted by molar-refractivity contribution is 6.69. The molecule has 3 aromatic carbocycles. The van der Waals surface area contributed by atoms with Crippen molar-refractivity contribution >= 4 is 55.2 Å². The quantitative estimate of drug-likeness (QED) is 0.505. The van der Waals surface area contributed by atoms with Crippen molar-refractivity contribution < 1.29 is 9.59 Å². The fourth-order valence-electron chi connectivity index (χ4n) is 2.47. The van der Waals surface area contributed by atoms with Crippen LogP contribution >= 0.6 is 23.2 Å². The van der Waals surface area contributed by atoms with Crippen molar-refractivity contribution in [3.63, 3.8) is 0 Å². The number of carbonyl (C=O) groups excluding carboxylic acids is 2.